The third-order valence-electron chi connectivity index (χ3n) is 7.10. The maximum atomic E-state index is 13.7. The van der Waals surface area contributed by atoms with Gasteiger partial charge in [0.25, 0.3) is 11.7 Å². The van der Waals surface area contributed by atoms with Crippen molar-refractivity contribution < 1.29 is 9.90 Å². The highest BCUT2D eigenvalue weighted by molar-refractivity contribution is 5.93. The minimum Gasteiger partial charge on any atom is -0.385 e. The molecule has 2 fully saturated rings. The van der Waals surface area contributed by atoms with E-state index in [-0.39, 0.29) is 23.8 Å². The van der Waals surface area contributed by atoms with Crippen LogP contribution in [0.4, 0.5) is 0 Å². The number of nitrogens with zero attached hydrogens (tertiary/aromatic N) is 5. The van der Waals surface area contributed by atoms with Gasteiger partial charge in [-0.3, -0.25) is 4.79 Å². The van der Waals surface area contributed by atoms with Crippen LogP contribution < -0.4 is 0 Å². The van der Waals surface area contributed by atoms with Crippen LogP contribution >= 0.6 is 0 Å². The van der Waals surface area contributed by atoms with Gasteiger partial charge in [-0.15, -0.1) is 0 Å². The number of benzene rings is 1. The molecule has 1 saturated carbocycles. The Labute approximate surface area is 182 Å². The molecule has 31 heavy (non-hydrogen) atoms. The zero-order valence-electron chi connectivity index (χ0n) is 18.1. The average molecular weight is 420 g/mol. The molecule has 2 aliphatic rings. The lowest BCUT2D eigenvalue weighted by Crippen LogP contribution is -2.59. The van der Waals surface area contributed by atoms with Crippen molar-refractivity contribution in [1.82, 2.24) is 24.5 Å². The van der Waals surface area contributed by atoms with E-state index in [0.717, 1.165) is 36.9 Å². The normalized spacial score (nSPS) is 26.3. The van der Waals surface area contributed by atoms with Crippen LogP contribution in [-0.4, -0.2) is 48.1 Å². The molecule has 0 bridgehead atoms. The second kappa shape index (κ2) is 7.71. The second-order valence-corrected chi connectivity index (χ2v) is 9.19. The molecule has 1 aromatic carbocycles. The zero-order valence-corrected chi connectivity index (χ0v) is 18.1. The molecule has 162 valence electrons. The summed E-state index contributed by atoms with van der Waals surface area (Å²) < 4.78 is 1.70. The lowest BCUT2D eigenvalue weighted by Gasteiger charge is -2.52. The smallest absolute Gasteiger partial charge is 0.272 e. The molecule has 1 saturated heterocycles. The van der Waals surface area contributed by atoms with E-state index in [4.69, 9.17) is 0 Å². The number of hydrogen-bond acceptors (Lipinski definition) is 5. The standard InChI is InChI=1S/C24H29N5O2/c1-16(2)21-14-19(27-23-25-15-26-29(21)23)22(30)28-13-12-24(31,17-8-4-3-5-9-17)18-10-6-7-11-20(18)28/h3-5,8-9,14-16,18,20,31H,6-7,10-13H2,1-2H3/t18-,20+,24+/m0/s1. The van der Waals surface area contributed by atoms with E-state index in [0.29, 0.717) is 24.4 Å². The fourth-order valence-corrected chi connectivity index (χ4v) is 5.52. The Morgan fingerprint density at radius 1 is 1.19 bits per heavy atom. The molecule has 7 heteroatoms. The van der Waals surface area contributed by atoms with Crippen LogP contribution in [-0.2, 0) is 5.60 Å². The van der Waals surface area contributed by atoms with E-state index in [2.05, 4.69) is 28.9 Å². The van der Waals surface area contributed by atoms with Gasteiger partial charge in [-0.2, -0.15) is 10.1 Å². The SMILES string of the molecule is CC(C)c1cc(C(=O)N2CC[C@@](O)(c3ccccc3)[C@H]3CCCC[C@H]32)nc2ncnn12. The van der Waals surface area contributed by atoms with Gasteiger partial charge in [-0.1, -0.05) is 57.0 Å². The van der Waals surface area contributed by atoms with E-state index in [1.165, 1.54) is 6.33 Å². The van der Waals surface area contributed by atoms with Gasteiger partial charge in [-0.05, 0) is 36.8 Å². The van der Waals surface area contributed by atoms with Gasteiger partial charge < -0.3 is 10.0 Å². The minimum absolute atomic E-state index is 0.0126. The summed E-state index contributed by atoms with van der Waals surface area (Å²) >= 11 is 0. The first kappa shape index (κ1) is 20.1. The number of fused-ring (bicyclic) bond motifs is 2. The molecule has 1 aliphatic heterocycles. The van der Waals surface area contributed by atoms with Crippen molar-refractivity contribution in [1.29, 1.82) is 0 Å². The molecule has 0 radical (unpaired) electrons. The first-order chi connectivity index (χ1) is 15.0. The highest BCUT2D eigenvalue weighted by Crippen LogP contribution is 2.47. The molecule has 1 amide bonds. The van der Waals surface area contributed by atoms with Crippen LogP contribution in [0.15, 0.2) is 42.7 Å². The predicted molar refractivity (Wildman–Crippen MR) is 117 cm³/mol. The lowest BCUT2D eigenvalue weighted by atomic mass is 9.66. The lowest BCUT2D eigenvalue weighted by molar-refractivity contribution is -0.110. The van der Waals surface area contributed by atoms with Crippen molar-refractivity contribution in [3.8, 4) is 0 Å². The van der Waals surface area contributed by atoms with Gasteiger partial charge >= 0.3 is 0 Å². The van der Waals surface area contributed by atoms with Crippen LogP contribution in [0.5, 0.6) is 0 Å². The largest absolute Gasteiger partial charge is 0.385 e. The molecule has 0 spiro atoms. The number of aromatic nitrogens is 4. The van der Waals surface area contributed by atoms with E-state index in [1.807, 2.05) is 41.3 Å². The number of aliphatic hydroxyl groups is 1. The molecule has 0 unspecified atom stereocenters. The molecule has 1 aliphatic carbocycles. The summed E-state index contributed by atoms with van der Waals surface area (Å²) in [5.74, 6) is 0.598. The highest BCUT2D eigenvalue weighted by Gasteiger charge is 2.50. The third kappa shape index (κ3) is 3.31. The number of hydrogen-bond donors (Lipinski definition) is 1. The van der Waals surface area contributed by atoms with E-state index >= 15 is 0 Å². The zero-order chi connectivity index (χ0) is 21.6. The number of amides is 1. The second-order valence-electron chi connectivity index (χ2n) is 9.19. The van der Waals surface area contributed by atoms with Gasteiger partial charge in [0.05, 0.1) is 11.3 Å². The Balaban J connectivity index is 1.50. The molecule has 3 atom stereocenters. The molecular weight excluding hydrogens is 390 g/mol. The molecule has 2 aromatic heterocycles. The minimum atomic E-state index is -0.892. The van der Waals surface area contributed by atoms with Gasteiger partial charge in [0, 0.05) is 18.5 Å². The number of rotatable bonds is 3. The summed E-state index contributed by atoms with van der Waals surface area (Å²) in [4.78, 5) is 24.4. The number of carbonyl (C=O) groups excluding carboxylic acids is 1. The van der Waals surface area contributed by atoms with Crippen molar-refractivity contribution in [2.75, 3.05) is 6.54 Å². The Morgan fingerprint density at radius 2 is 1.97 bits per heavy atom. The summed E-state index contributed by atoms with van der Waals surface area (Å²) in [7, 11) is 0. The third-order valence-corrected chi connectivity index (χ3v) is 7.10. The first-order valence-corrected chi connectivity index (χ1v) is 11.3. The Hall–Kier alpha value is -2.80. The summed E-state index contributed by atoms with van der Waals surface area (Å²) in [6.07, 6.45) is 6.00. The Kier molecular flexibility index (Phi) is 5.01. The molecule has 1 N–H and O–H groups in total. The summed E-state index contributed by atoms with van der Waals surface area (Å²) in [6.45, 7) is 4.66. The van der Waals surface area contributed by atoms with Crippen molar-refractivity contribution in [3.63, 3.8) is 0 Å². The van der Waals surface area contributed by atoms with Crippen LogP contribution in [0, 0.1) is 5.92 Å². The van der Waals surface area contributed by atoms with Gasteiger partial charge in [0.15, 0.2) is 0 Å². The van der Waals surface area contributed by atoms with E-state index in [9.17, 15) is 9.90 Å². The fourth-order valence-electron chi connectivity index (χ4n) is 5.52. The first-order valence-electron chi connectivity index (χ1n) is 11.3. The van der Waals surface area contributed by atoms with Gasteiger partial charge in [0.1, 0.15) is 12.0 Å². The van der Waals surface area contributed by atoms with Crippen LogP contribution in [0.1, 0.15) is 73.6 Å². The number of likely N-dealkylation sites (tertiary alicyclic amines) is 1. The van der Waals surface area contributed by atoms with Crippen LogP contribution in [0.3, 0.4) is 0 Å². The maximum absolute atomic E-state index is 13.7. The van der Waals surface area contributed by atoms with Gasteiger partial charge in [-0.25, -0.2) is 9.50 Å². The van der Waals surface area contributed by atoms with Crippen molar-refractivity contribution in [3.05, 3.63) is 59.7 Å². The summed E-state index contributed by atoms with van der Waals surface area (Å²) in [5.41, 5.74) is 1.41. The average Bonchev–Trinajstić information content (AvgIpc) is 3.27. The van der Waals surface area contributed by atoms with Gasteiger partial charge in [0.2, 0.25) is 0 Å². The van der Waals surface area contributed by atoms with Crippen LogP contribution in [0.2, 0.25) is 0 Å². The molecule has 3 aromatic rings. The molecule has 3 heterocycles. The quantitative estimate of drug-likeness (QED) is 0.702. The summed E-state index contributed by atoms with van der Waals surface area (Å²) in [6, 6.07) is 11.8. The van der Waals surface area contributed by atoms with Crippen molar-refractivity contribution >= 4 is 11.7 Å². The predicted octanol–water partition coefficient (Wildman–Crippen LogP) is 3.54. The topological polar surface area (TPSA) is 83.6 Å². The number of piperidine rings is 1. The molecule has 5 rings (SSSR count). The van der Waals surface area contributed by atoms with Crippen molar-refractivity contribution in [2.24, 2.45) is 5.92 Å². The Bertz CT molecular complexity index is 1100. The molecule has 7 nitrogen and oxygen atoms in total. The van der Waals surface area contributed by atoms with E-state index < -0.39 is 5.60 Å². The number of carbonyl (C=O) groups is 1. The fraction of sp³-hybridized carbons (Fsp3) is 0.500. The molecular formula is C24H29N5O2. The monoisotopic (exact) mass is 419 g/mol. The summed E-state index contributed by atoms with van der Waals surface area (Å²) in [5, 5.41) is 16.0. The van der Waals surface area contributed by atoms with Crippen LogP contribution in [0.25, 0.3) is 5.78 Å². The highest BCUT2D eigenvalue weighted by atomic mass is 16.3. The van der Waals surface area contributed by atoms with E-state index in [1.54, 1.807) is 4.52 Å². The Morgan fingerprint density at radius 3 is 2.74 bits per heavy atom. The maximum Gasteiger partial charge on any atom is 0.272 e. The van der Waals surface area contributed by atoms with Crippen molar-refractivity contribution in [2.45, 2.75) is 63.5 Å².